The summed E-state index contributed by atoms with van der Waals surface area (Å²) in [5, 5.41) is 20.1. The molecule has 0 heterocycles. The molecule has 0 aliphatic heterocycles. The van der Waals surface area contributed by atoms with Crippen molar-refractivity contribution in [3.8, 4) is 12.1 Å². The molecule has 0 atom stereocenters. The lowest BCUT2D eigenvalue weighted by Gasteiger charge is -2.06. The van der Waals surface area contributed by atoms with Crippen molar-refractivity contribution < 1.29 is 18.3 Å². The van der Waals surface area contributed by atoms with E-state index in [1.54, 1.807) is 0 Å². The average molecular weight is 264 g/mol. The largest absolute Gasteiger partial charge is 0.465 e. The molecule has 6 nitrogen and oxygen atoms in total. The Morgan fingerprint density at radius 1 is 1.32 bits per heavy atom. The lowest BCUT2D eigenvalue weighted by molar-refractivity contribution is 0.0595. The van der Waals surface area contributed by atoms with E-state index in [0.29, 0.717) is 6.07 Å². The number of ether oxygens (including phenoxy) is 1. The molecule has 0 saturated carbocycles. The molecule has 1 rings (SSSR count). The zero-order valence-corrected chi connectivity index (χ0v) is 9.57. The molecule has 8 heteroatoms. The van der Waals surface area contributed by atoms with Gasteiger partial charge < -0.3 is 4.74 Å². The smallest absolute Gasteiger partial charge is 0.340 e. The van der Waals surface area contributed by atoms with Crippen molar-refractivity contribution in [2.75, 3.05) is 12.5 Å². The maximum Gasteiger partial charge on any atom is 0.340 e. The molecule has 1 N–H and O–H groups in total. The third-order valence-corrected chi connectivity index (χ3v) is 1.96. The number of hydrogen-bond acceptors (Lipinski definition) is 6. The van der Waals surface area contributed by atoms with Gasteiger partial charge in [-0.15, -0.1) is 0 Å². The lowest BCUT2D eigenvalue weighted by atomic mass is 10.2. The number of esters is 1. The summed E-state index contributed by atoms with van der Waals surface area (Å²) in [4.78, 5) is 11.2. The second-order valence-electron chi connectivity index (χ2n) is 3.10. The monoisotopic (exact) mass is 264 g/mol. The molecular weight excluding hydrogens is 258 g/mol. The van der Waals surface area contributed by atoms with Gasteiger partial charge >= 0.3 is 5.97 Å². The zero-order valence-electron chi connectivity index (χ0n) is 9.57. The van der Waals surface area contributed by atoms with Gasteiger partial charge in [0, 0.05) is 6.07 Å². The summed E-state index contributed by atoms with van der Waals surface area (Å²) >= 11 is 0. The maximum atomic E-state index is 13.4. The van der Waals surface area contributed by atoms with Crippen LogP contribution in [0.4, 0.5) is 14.5 Å². The summed E-state index contributed by atoms with van der Waals surface area (Å²) in [7, 11) is 1.04. The molecule has 96 valence electrons. The van der Waals surface area contributed by atoms with E-state index >= 15 is 0 Å². The minimum absolute atomic E-state index is 0.371. The third-order valence-electron chi connectivity index (χ3n) is 1.96. The van der Waals surface area contributed by atoms with E-state index < -0.39 is 28.9 Å². The Morgan fingerprint density at radius 3 is 2.47 bits per heavy atom. The van der Waals surface area contributed by atoms with E-state index in [9.17, 15) is 13.6 Å². The second-order valence-corrected chi connectivity index (χ2v) is 3.10. The summed E-state index contributed by atoms with van der Waals surface area (Å²) in [5.74, 6) is -3.13. The number of benzene rings is 1. The van der Waals surface area contributed by atoms with Crippen LogP contribution in [0.1, 0.15) is 10.4 Å². The number of rotatable bonds is 3. The van der Waals surface area contributed by atoms with Gasteiger partial charge in [0.1, 0.15) is 18.0 Å². The van der Waals surface area contributed by atoms with Crippen molar-refractivity contribution in [2.24, 2.45) is 5.10 Å². The first-order valence-corrected chi connectivity index (χ1v) is 4.74. The molecule has 0 bridgehead atoms. The Morgan fingerprint density at radius 2 is 1.95 bits per heavy atom. The normalized spacial score (nSPS) is 8.89. The van der Waals surface area contributed by atoms with Crippen molar-refractivity contribution in [3.63, 3.8) is 0 Å². The number of hydrazone groups is 1. The highest BCUT2D eigenvalue weighted by molar-refractivity contribution is 6.10. The van der Waals surface area contributed by atoms with Crippen LogP contribution in [0, 0.1) is 34.3 Å². The van der Waals surface area contributed by atoms with Crippen molar-refractivity contribution in [3.05, 3.63) is 29.3 Å². The number of methoxy groups -OCH3 is 1. The van der Waals surface area contributed by atoms with Crippen LogP contribution in [0.3, 0.4) is 0 Å². The fourth-order valence-corrected chi connectivity index (χ4v) is 1.09. The molecule has 1 aromatic rings. The fraction of sp³-hybridized carbons (Fsp3) is 0.0909. The van der Waals surface area contributed by atoms with Gasteiger partial charge in [0.15, 0.2) is 5.82 Å². The number of nitrogens with zero attached hydrogens (tertiary/aromatic N) is 3. The summed E-state index contributed by atoms with van der Waals surface area (Å²) in [6.07, 6.45) is 0. The Balaban J connectivity index is 3.17. The predicted molar refractivity (Wildman–Crippen MR) is 60.0 cm³/mol. The van der Waals surface area contributed by atoms with Crippen LogP contribution in [-0.2, 0) is 4.74 Å². The molecule has 19 heavy (non-hydrogen) atoms. The van der Waals surface area contributed by atoms with Crippen LogP contribution < -0.4 is 5.43 Å². The van der Waals surface area contributed by atoms with Gasteiger partial charge in [0.25, 0.3) is 0 Å². The lowest BCUT2D eigenvalue weighted by Crippen LogP contribution is -2.07. The van der Waals surface area contributed by atoms with Crippen LogP contribution in [-0.4, -0.2) is 18.8 Å². The first kappa shape index (κ1) is 14.1. The number of anilines is 1. The molecule has 0 spiro atoms. The van der Waals surface area contributed by atoms with Gasteiger partial charge in [-0.1, -0.05) is 0 Å². The standard InChI is InChI=1S/C11H6F2N4O2/c1-19-11(18)7-2-10(9(13)3-8(7)12)17-16-6(4-14)5-15/h2-3,17H,1H3. The Labute approximate surface area is 106 Å². The van der Waals surface area contributed by atoms with E-state index in [-0.39, 0.29) is 5.69 Å². The zero-order chi connectivity index (χ0) is 14.4. The van der Waals surface area contributed by atoms with Crippen molar-refractivity contribution in [2.45, 2.75) is 0 Å². The summed E-state index contributed by atoms with van der Waals surface area (Å²) in [6, 6.07) is 4.17. The van der Waals surface area contributed by atoms with Gasteiger partial charge in [-0.3, -0.25) is 5.43 Å². The summed E-state index contributed by atoms with van der Waals surface area (Å²) in [6.45, 7) is 0. The highest BCUT2D eigenvalue weighted by Gasteiger charge is 2.16. The molecule has 0 aliphatic carbocycles. The summed E-state index contributed by atoms with van der Waals surface area (Å²) < 4.78 is 31.0. The molecule has 0 unspecified atom stereocenters. The van der Waals surface area contributed by atoms with Gasteiger partial charge in [0.2, 0.25) is 5.71 Å². The molecule has 0 saturated heterocycles. The van der Waals surface area contributed by atoms with Gasteiger partial charge in [-0.05, 0) is 6.07 Å². The first-order chi connectivity index (χ1) is 9.03. The minimum Gasteiger partial charge on any atom is -0.465 e. The SMILES string of the molecule is COC(=O)c1cc(NN=C(C#N)C#N)c(F)cc1F. The minimum atomic E-state index is -1.10. The van der Waals surface area contributed by atoms with Crippen LogP contribution in [0.15, 0.2) is 17.2 Å². The molecule has 0 aliphatic rings. The number of carbonyl (C=O) groups excluding carboxylic acids is 1. The Hall–Kier alpha value is -3.00. The third kappa shape index (κ3) is 3.23. The quantitative estimate of drug-likeness (QED) is 0.507. The van der Waals surface area contributed by atoms with Gasteiger partial charge in [-0.25, -0.2) is 13.6 Å². The molecule has 0 aromatic heterocycles. The number of carbonyl (C=O) groups is 1. The Bertz CT molecular complexity index is 613. The molecule has 0 fully saturated rings. The van der Waals surface area contributed by atoms with E-state index in [1.165, 1.54) is 12.1 Å². The van der Waals surface area contributed by atoms with E-state index in [1.807, 2.05) is 0 Å². The van der Waals surface area contributed by atoms with E-state index in [4.69, 9.17) is 10.5 Å². The maximum absolute atomic E-state index is 13.4. The van der Waals surface area contributed by atoms with Crippen LogP contribution in [0.25, 0.3) is 0 Å². The van der Waals surface area contributed by atoms with Crippen molar-refractivity contribution in [1.82, 2.24) is 0 Å². The highest BCUT2D eigenvalue weighted by atomic mass is 19.1. The van der Waals surface area contributed by atoms with Crippen molar-refractivity contribution in [1.29, 1.82) is 10.5 Å². The van der Waals surface area contributed by atoms with Crippen LogP contribution >= 0.6 is 0 Å². The van der Waals surface area contributed by atoms with Crippen LogP contribution in [0.2, 0.25) is 0 Å². The number of nitrogens with one attached hydrogen (secondary N) is 1. The van der Waals surface area contributed by atoms with E-state index in [2.05, 4.69) is 15.3 Å². The fourth-order valence-electron chi connectivity index (χ4n) is 1.09. The highest BCUT2D eigenvalue weighted by Crippen LogP contribution is 2.20. The van der Waals surface area contributed by atoms with Gasteiger partial charge in [0.05, 0.1) is 18.4 Å². The van der Waals surface area contributed by atoms with Crippen molar-refractivity contribution >= 4 is 17.4 Å². The average Bonchev–Trinajstić information content (AvgIpc) is 2.41. The summed E-state index contributed by atoms with van der Waals surface area (Å²) in [5.41, 5.74) is 0.629. The number of hydrogen-bond donors (Lipinski definition) is 1. The molecule has 0 radical (unpaired) electrons. The van der Waals surface area contributed by atoms with Crippen LogP contribution in [0.5, 0.6) is 0 Å². The first-order valence-electron chi connectivity index (χ1n) is 4.74. The molecule has 0 amide bonds. The molecule has 1 aromatic carbocycles. The number of halogens is 2. The van der Waals surface area contributed by atoms with E-state index in [0.717, 1.165) is 13.2 Å². The second kappa shape index (κ2) is 6.07. The number of nitriles is 2. The topological polar surface area (TPSA) is 98.3 Å². The predicted octanol–water partition coefficient (Wildman–Crippen LogP) is 1.57. The van der Waals surface area contributed by atoms with Gasteiger partial charge in [-0.2, -0.15) is 15.6 Å². The Kier molecular flexibility index (Phi) is 4.50. The molecular formula is C11H6F2N4O2.